The molecule has 1 aliphatic heterocycles. The molecule has 1 aromatic heterocycles. The van der Waals surface area contributed by atoms with Gasteiger partial charge in [0.2, 0.25) is 0 Å². The smallest absolute Gasteiger partial charge is 0.329 e. The number of aromatic nitrogens is 2. The third-order valence-corrected chi connectivity index (χ3v) is 22.8. The van der Waals surface area contributed by atoms with Gasteiger partial charge in [0.25, 0.3) is 0 Å². The molecule has 226 valence electrons. The molecule has 2 rings (SSSR count). The van der Waals surface area contributed by atoms with Gasteiger partial charge in [-0.1, -0.05) is 67.5 Å². The Morgan fingerprint density at radius 2 is 1.38 bits per heavy atom. The SMILES string of the molecule is [2H]c1cn([C@@H]2O[C@H](CO[Si](C)(C)C(C)(C)C)[C@H](O[Si](C)(C)C(C)(C)C)C2O[Si](C)(C)C(C)(C)C)c(=O)[nH]/c1=N\O. The zero-order chi connectivity index (χ0) is 31.3. The average Bonchev–Trinajstić information content (AvgIpc) is 3.07. The lowest BCUT2D eigenvalue weighted by molar-refractivity contribution is -0.0510. The molecular formula is C27H55N3O6Si3. The van der Waals surface area contributed by atoms with Crippen LogP contribution in [-0.2, 0) is 18.0 Å². The number of rotatable bonds is 8. The summed E-state index contributed by atoms with van der Waals surface area (Å²) in [5.74, 6) is 0. The van der Waals surface area contributed by atoms with Crippen LogP contribution in [0, 0.1) is 0 Å². The van der Waals surface area contributed by atoms with E-state index in [4.69, 9.17) is 19.4 Å². The highest BCUT2D eigenvalue weighted by Crippen LogP contribution is 2.46. The Kier molecular flexibility index (Phi) is 9.44. The van der Waals surface area contributed by atoms with Gasteiger partial charge in [-0.3, -0.25) is 9.55 Å². The lowest BCUT2D eigenvalue weighted by Gasteiger charge is -2.44. The summed E-state index contributed by atoms with van der Waals surface area (Å²) < 4.78 is 37.1. The van der Waals surface area contributed by atoms with Gasteiger partial charge in [0.05, 0.1) is 7.98 Å². The quantitative estimate of drug-likeness (QED) is 0.209. The van der Waals surface area contributed by atoms with Crippen LogP contribution in [0.4, 0.5) is 0 Å². The molecule has 39 heavy (non-hydrogen) atoms. The lowest BCUT2D eigenvalue weighted by atomic mass is 10.1. The van der Waals surface area contributed by atoms with E-state index >= 15 is 0 Å². The first-order valence-corrected chi connectivity index (χ1v) is 22.6. The Bertz CT molecular complexity index is 1160. The molecule has 0 aliphatic carbocycles. The second-order valence-electron chi connectivity index (χ2n) is 15.4. The van der Waals surface area contributed by atoms with Gasteiger partial charge >= 0.3 is 5.69 Å². The Morgan fingerprint density at radius 3 is 1.82 bits per heavy atom. The molecule has 4 atom stereocenters. The van der Waals surface area contributed by atoms with Gasteiger partial charge in [0, 0.05) is 12.2 Å². The summed E-state index contributed by atoms with van der Waals surface area (Å²) in [7, 11) is -6.84. The Morgan fingerprint density at radius 1 is 0.923 bits per heavy atom. The molecule has 12 heteroatoms. The van der Waals surface area contributed by atoms with Crippen molar-refractivity contribution in [2.45, 2.75) is 141 Å². The first kappa shape index (κ1) is 32.5. The molecular weight excluding hydrogens is 547 g/mol. The van der Waals surface area contributed by atoms with Crippen LogP contribution in [0.5, 0.6) is 0 Å². The molecule has 9 nitrogen and oxygen atoms in total. The van der Waals surface area contributed by atoms with E-state index in [2.05, 4.69) is 112 Å². The maximum atomic E-state index is 13.2. The van der Waals surface area contributed by atoms with E-state index in [0.29, 0.717) is 6.61 Å². The number of nitrogens with one attached hydrogen (secondary N) is 1. The topological polar surface area (TPSA) is 107 Å². The molecule has 0 bridgehead atoms. The van der Waals surface area contributed by atoms with Crippen molar-refractivity contribution in [3.8, 4) is 0 Å². The van der Waals surface area contributed by atoms with Crippen molar-refractivity contribution >= 4 is 25.0 Å². The van der Waals surface area contributed by atoms with Crippen LogP contribution in [0.15, 0.2) is 22.2 Å². The molecule has 0 spiro atoms. The van der Waals surface area contributed by atoms with E-state index in [1.54, 1.807) is 0 Å². The second kappa shape index (κ2) is 11.3. The van der Waals surface area contributed by atoms with E-state index in [0.717, 1.165) is 0 Å². The molecule has 1 unspecified atom stereocenters. The summed E-state index contributed by atoms with van der Waals surface area (Å²) in [6, 6.07) is -0.139. The monoisotopic (exact) mass is 602 g/mol. The molecule has 0 amide bonds. The fourth-order valence-corrected chi connectivity index (χ4v) is 7.13. The lowest BCUT2D eigenvalue weighted by Crippen LogP contribution is -2.55. The maximum Gasteiger partial charge on any atom is 0.329 e. The predicted molar refractivity (Wildman–Crippen MR) is 164 cm³/mol. The fourth-order valence-electron chi connectivity index (χ4n) is 3.51. The van der Waals surface area contributed by atoms with E-state index < -0.39 is 55.2 Å². The molecule has 1 fully saturated rings. The zero-order valence-corrected chi connectivity index (χ0v) is 30.0. The Balaban J connectivity index is 2.73. The average molecular weight is 603 g/mol. The van der Waals surface area contributed by atoms with Gasteiger partial charge in [-0.2, -0.15) is 0 Å². The number of H-pyrrole nitrogens is 1. The first-order valence-electron chi connectivity index (χ1n) is 14.4. The van der Waals surface area contributed by atoms with Crippen molar-refractivity contribution in [1.29, 1.82) is 0 Å². The van der Waals surface area contributed by atoms with Crippen LogP contribution in [0.1, 0.15) is 69.9 Å². The van der Waals surface area contributed by atoms with Crippen molar-refractivity contribution < 1.29 is 24.6 Å². The van der Waals surface area contributed by atoms with Gasteiger partial charge in [-0.25, -0.2) is 4.79 Å². The van der Waals surface area contributed by atoms with Gasteiger partial charge < -0.3 is 23.2 Å². The van der Waals surface area contributed by atoms with E-state index in [1.165, 1.54) is 10.8 Å². The van der Waals surface area contributed by atoms with Crippen LogP contribution < -0.4 is 11.2 Å². The fraction of sp³-hybridized carbons (Fsp3) is 0.852. The van der Waals surface area contributed by atoms with Crippen molar-refractivity contribution in [2.24, 2.45) is 5.16 Å². The van der Waals surface area contributed by atoms with Gasteiger partial charge in [0.1, 0.15) is 18.3 Å². The van der Waals surface area contributed by atoms with Crippen LogP contribution >= 0.6 is 0 Å². The number of ether oxygens (including phenoxy) is 1. The molecule has 1 aliphatic rings. The molecule has 1 saturated heterocycles. The van der Waals surface area contributed by atoms with Crippen LogP contribution in [0.2, 0.25) is 54.4 Å². The van der Waals surface area contributed by atoms with Crippen molar-refractivity contribution in [2.75, 3.05) is 6.61 Å². The Hall–Kier alpha value is -1.03. The summed E-state index contributed by atoms with van der Waals surface area (Å²) in [5, 5.41) is 12.1. The molecule has 0 aromatic carbocycles. The largest absolute Gasteiger partial charge is 0.414 e. The minimum Gasteiger partial charge on any atom is -0.414 e. The van der Waals surface area contributed by atoms with E-state index in [1.807, 2.05) is 0 Å². The van der Waals surface area contributed by atoms with Crippen molar-refractivity contribution in [3.05, 3.63) is 28.2 Å². The second-order valence-corrected chi connectivity index (χ2v) is 29.7. The van der Waals surface area contributed by atoms with Crippen molar-refractivity contribution in [3.63, 3.8) is 0 Å². The number of hydrogen-bond acceptors (Lipinski definition) is 7. The number of hydrogen-bond donors (Lipinski definition) is 2. The molecule has 2 N–H and O–H groups in total. The highest BCUT2D eigenvalue weighted by Gasteiger charge is 2.55. The molecule has 1 aromatic rings. The summed E-state index contributed by atoms with van der Waals surface area (Å²) in [6.07, 6.45) is -1.14. The Labute approximate surface area is 240 Å². The van der Waals surface area contributed by atoms with Gasteiger partial charge in [0.15, 0.2) is 36.7 Å². The van der Waals surface area contributed by atoms with Crippen molar-refractivity contribution in [1.82, 2.24) is 9.55 Å². The van der Waals surface area contributed by atoms with Gasteiger partial charge in [-0.05, 0) is 54.4 Å². The minimum atomic E-state index is -2.38. The third-order valence-electron chi connectivity index (χ3n) is 9.35. The minimum absolute atomic E-state index is 0.00742. The normalized spacial score (nSPS) is 24.8. The molecule has 2 heterocycles. The maximum absolute atomic E-state index is 13.2. The highest BCUT2D eigenvalue weighted by molar-refractivity contribution is 6.75. The molecule has 0 saturated carbocycles. The van der Waals surface area contributed by atoms with Crippen LogP contribution in [-0.4, -0.2) is 64.6 Å². The molecule has 0 radical (unpaired) electrons. The highest BCUT2D eigenvalue weighted by atomic mass is 28.4. The zero-order valence-electron chi connectivity index (χ0n) is 28.0. The van der Waals surface area contributed by atoms with Crippen LogP contribution in [0.3, 0.4) is 0 Å². The number of nitrogens with zero attached hydrogens (tertiary/aromatic N) is 2. The summed E-state index contributed by atoms with van der Waals surface area (Å²) in [5.41, 5.74) is -0.775. The summed E-state index contributed by atoms with van der Waals surface area (Å²) in [6.45, 7) is 33.2. The first-order chi connectivity index (χ1) is 17.8. The van der Waals surface area contributed by atoms with E-state index in [9.17, 15) is 10.0 Å². The summed E-state index contributed by atoms with van der Waals surface area (Å²) >= 11 is 0. The van der Waals surface area contributed by atoms with Crippen LogP contribution in [0.25, 0.3) is 0 Å². The van der Waals surface area contributed by atoms with E-state index in [-0.39, 0.29) is 26.6 Å². The number of aromatic amines is 1. The third kappa shape index (κ3) is 7.63. The predicted octanol–water partition coefficient (Wildman–Crippen LogP) is 6.17. The standard InChI is InChI=1S/C27H55N3O6Si3/c1-25(2,3)37(10,11)33-18-19-21(35-38(12,13)26(4,5)6)22(36-39(14,15)27(7,8)9)23(34-19)30-17-16-20(29-32)28-24(30)31/h16-17,19,21-23,32H,18H2,1-15H3,(H,28,29,31)/t19-,21+,22?,23-/m1/s1/i16D. The van der Waals surface area contributed by atoms with Gasteiger partial charge in [-0.15, -0.1) is 0 Å². The summed E-state index contributed by atoms with van der Waals surface area (Å²) in [4.78, 5) is 15.7.